The molecule has 0 aliphatic carbocycles. The summed E-state index contributed by atoms with van der Waals surface area (Å²) in [6.07, 6.45) is 3.42. The van der Waals surface area contributed by atoms with Crippen molar-refractivity contribution in [2.75, 3.05) is 7.05 Å². The second-order valence-electron chi connectivity index (χ2n) is 4.58. The Morgan fingerprint density at radius 1 is 1.25 bits per heavy atom. The fourth-order valence-corrected chi connectivity index (χ4v) is 2.33. The lowest BCUT2D eigenvalue weighted by molar-refractivity contribution is 0.470. The summed E-state index contributed by atoms with van der Waals surface area (Å²) in [6, 6.07) is 9.71. The van der Waals surface area contributed by atoms with E-state index in [4.69, 9.17) is 9.15 Å². The van der Waals surface area contributed by atoms with Gasteiger partial charge in [-0.25, -0.2) is 0 Å². The van der Waals surface area contributed by atoms with Crippen molar-refractivity contribution in [2.45, 2.75) is 13.5 Å². The quantitative estimate of drug-likeness (QED) is 0.784. The van der Waals surface area contributed by atoms with Gasteiger partial charge in [-0.05, 0) is 32.2 Å². The first-order valence-corrected chi connectivity index (χ1v) is 6.53. The summed E-state index contributed by atoms with van der Waals surface area (Å²) < 4.78 is 11.7. The third-order valence-corrected chi connectivity index (χ3v) is 3.15. The van der Waals surface area contributed by atoms with Gasteiger partial charge in [0.15, 0.2) is 0 Å². The second kappa shape index (κ2) is 5.35. The maximum atomic E-state index is 5.92. The maximum Gasteiger partial charge on any atom is 0.145 e. The number of furan rings is 1. The highest BCUT2D eigenvalue weighted by Gasteiger charge is 2.14. The molecule has 2 aromatic heterocycles. The Labute approximate surface area is 117 Å². The third-order valence-electron chi connectivity index (χ3n) is 3.15. The van der Waals surface area contributed by atoms with Crippen LogP contribution in [-0.2, 0) is 6.54 Å². The molecule has 0 fully saturated rings. The molecule has 3 rings (SSSR count). The molecule has 0 atom stereocenters. The summed E-state index contributed by atoms with van der Waals surface area (Å²) in [4.78, 5) is 4.06. The number of ether oxygens (including phenoxy) is 1. The Hall–Kier alpha value is -2.33. The first-order chi connectivity index (χ1) is 9.79. The Bertz CT molecular complexity index is 720. The van der Waals surface area contributed by atoms with E-state index in [9.17, 15) is 0 Å². The van der Waals surface area contributed by atoms with Gasteiger partial charge in [-0.1, -0.05) is 12.1 Å². The van der Waals surface area contributed by atoms with Gasteiger partial charge in [0.1, 0.15) is 23.0 Å². The van der Waals surface area contributed by atoms with E-state index in [1.165, 1.54) is 0 Å². The van der Waals surface area contributed by atoms with E-state index in [-0.39, 0.29) is 0 Å². The summed E-state index contributed by atoms with van der Waals surface area (Å²) in [5.41, 5.74) is 0. The lowest BCUT2D eigenvalue weighted by atomic mass is 10.1. The number of hydrogen-bond acceptors (Lipinski definition) is 4. The van der Waals surface area contributed by atoms with E-state index in [2.05, 4.69) is 16.4 Å². The first-order valence-electron chi connectivity index (χ1n) is 6.53. The molecule has 0 saturated heterocycles. The molecule has 1 N–H and O–H groups in total. The zero-order chi connectivity index (χ0) is 13.9. The lowest BCUT2D eigenvalue weighted by Gasteiger charge is -2.06. The molecule has 3 aromatic rings. The van der Waals surface area contributed by atoms with Crippen LogP contribution in [0.2, 0.25) is 0 Å². The molecule has 2 heterocycles. The Morgan fingerprint density at radius 2 is 2.15 bits per heavy atom. The van der Waals surface area contributed by atoms with Crippen LogP contribution in [0.5, 0.6) is 11.5 Å². The molecule has 0 saturated carbocycles. The minimum atomic E-state index is 0.695. The molecule has 0 aliphatic heterocycles. The van der Waals surface area contributed by atoms with Crippen LogP contribution < -0.4 is 10.1 Å². The van der Waals surface area contributed by atoms with Crippen molar-refractivity contribution in [3.63, 3.8) is 0 Å². The summed E-state index contributed by atoms with van der Waals surface area (Å²) in [5, 5.41) is 5.21. The molecule has 0 amide bonds. The van der Waals surface area contributed by atoms with Gasteiger partial charge in [0.05, 0.1) is 18.1 Å². The highest BCUT2D eigenvalue weighted by molar-refractivity contribution is 5.92. The maximum absolute atomic E-state index is 5.92. The summed E-state index contributed by atoms with van der Waals surface area (Å²) in [6.45, 7) is 2.65. The van der Waals surface area contributed by atoms with Crippen molar-refractivity contribution in [2.24, 2.45) is 0 Å². The summed E-state index contributed by atoms with van der Waals surface area (Å²) >= 11 is 0. The molecule has 0 spiro atoms. The average Bonchev–Trinajstić information content (AvgIpc) is 2.78. The predicted molar refractivity (Wildman–Crippen MR) is 78.0 cm³/mol. The summed E-state index contributed by atoms with van der Waals surface area (Å²) in [5.74, 6) is 3.30. The number of nitrogens with one attached hydrogen (secondary N) is 1. The topological polar surface area (TPSA) is 47.3 Å². The number of pyridine rings is 1. The molecular weight excluding hydrogens is 252 g/mol. The number of benzene rings is 1. The van der Waals surface area contributed by atoms with E-state index in [0.29, 0.717) is 6.54 Å². The number of nitrogens with zero attached hydrogens (tertiary/aromatic N) is 1. The molecule has 1 aromatic carbocycles. The molecule has 4 heteroatoms. The number of fused-ring (bicyclic) bond motifs is 1. The van der Waals surface area contributed by atoms with E-state index in [0.717, 1.165) is 33.8 Å². The third kappa shape index (κ3) is 2.26. The van der Waals surface area contributed by atoms with E-state index < -0.39 is 0 Å². The Balaban J connectivity index is 2.07. The number of aromatic nitrogens is 1. The van der Waals surface area contributed by atoms with Crippen LogP contribution >= 0.6 is 0 Å². The lowest BCUT2D eigenvalue weighted by Crippen LogP contribution is -2.03. The van der Waals surface area contributed by atoms with Gasteiger partial charge in [0.2, 0.25) is 0 Å². The van der Waals surface area contributed by atoms with Crippen LogP contribution in [0.15, 0.2) is 47.1 Å². The van der Waals surface area contributed by atoms with Crippen molar-refractivity contribution in [1.29, 1.82) is 0 Å². The van der Waals surface area contributed by atoms with Gasteiger partial charge < -0.3 is 14.5 Å². The SMILES string of the molecule is CNCc1oc(C)c2c(Oc3cccnc3)cccc12. The van der Waals surface area contributed by atoms with Gasteiger partial charge >= 0.3 is 0 Å². The zero-order valence-corrected chi connectivity index (χ0v) is 11.5. The van der Waals surface area contributed by atoms with Crippen LogP contribution in [0, 0.1) is 6.92 Å². The first kappa shape index (κ1) is 12.7. The van der Waals surface area contributed by atoms with E-state index in [1.807, 2.05) is 38.2 Å². The van der Waals surface area contributed by atoms with Crippen molar-refractivity contribution < 1.29 is 9.15 Å². The summed E-state index contributed by atoms with van der Waals surface area (Å²) in [7, 11) is 1.90. The van der Waals surface area contributed by atoms with Crippen molar-refractivity contribution in [1.82, 2.24) is 10.3 Å². The molecule has 0 unspecified atom stereocenters. The largest absolute Gasteiger partial charge is 0.464 e. The van der Waals surface area contributed by atoms with Crippen molar-refractivity contribution in [3.8, 4) is 11.5 Å². The van der Waals surface area contributed by atoms with Crippen LogP contribution in [0.25, 0.3) is 10.8 Å². The fourth-order valence-electron chi connectivity index (χ4n) is 2.33. The number of hydrogen-bond donors (Lipinski definition) is 1. The molecule has 0 bridgehead atoms. The van der Waals surface area contributed by atoms with Crippen molar-refractivity contribution >= 4 is 10.8 Å². The minimum Gasteiger partial charge on any atom is -0.464 e. The van der Waals surface area contributed by atoms with E-state index in [1.54, 1.807) is 12.4 Å². The van der Waals surface area contributed by atoms with E-state index >= 15 is 0 Å². The Kier molecular flexibility index (Phi) is 3.39. The number of rotatable bonds is 4. The zero-order valence-electron chi connectivity index (χ0n) is 11.5. The molecule has 102 valence electrons. The van der Waals surface area contributed by atoms with Crippen LogP contribution in [0.1, 0.15) is 11.5 Å². The Morgan fingerprint density at radius 3 is 2.90 bits per heavy atom. The highest BCUT2D eigenvalue weighted by atomic mass is 16.5. The standard InChI is InChI=1S/C16H16N2O2/c1-11-16-13(15(19-11)10-17-2)6-3-7-14(16)20-12-5-4-8-18-9-12/h3-9,17H,10H2,1-2H3. The van der Waals surface area contributed by atoms with Gasteiger partial charge in [0, 0.05) is 11.6 Å². The van der Waals surface area contributed by atoms with Gasteiger partial charge in [-0.3, -0.25) is 4.98 Å². The molecular formula is C16H16N2O2. The number of aryl methyl sites for hydroxylation is 1. The molecule has 0 radical (unpaired) electrons. The van der Waals surface area contributed by atoms with Crippen LogP contribution in [0.4, 0.5) is 0 Å². The van der Waals surface area contributed by atoms with Gasteiger partial charge in [0.25, 0.3) is 0 Å². The van der Waals surface area contributed by atoms with Gasteiger partial charge in [-0.15, -0.1) is 0 Å². The highest BCUT2D eigenvalue weighted by Crippen LogP contribution is 2.35. The monoisotopic (exact) mass is 268 g/mol. The average molecular weight is 268 g/mol. The predicted octanol–water partition coefficient (Wildman–Crippen LogP) is 3.65. The van der Waals surface area contributed by atoms with Crippen LogP contribution in [-0.4, -0.2) is 12.0 Å². The second-order valence-corrected chi connectivity index (χ2v) is 4.58. The van der Waals surface area contributed by atoms with Gasteiger partial charge in [-0.2, -0.15) is 0 Å². The van der Waals surface area contributed by atoms with Crippen molar-refractivity contribution in [3.05, 3.63) is 54.2 Å². The normalized spacial score (nSPS) is 10.9. The molecule has 20 heavy (non-hydrogen) atoms. The minimum absolute atomic E-state index is 0.695. The molecule has 0 aliphatic rings. The molecule has 4 nitrogen and oxygen atoms in total. The fraction of sp³-hybridized carbons (Fsp3) is 0.188. The smallest absolute Gasteiger partial charge is 0.145 e. The van der Waals surface area contributed by atoms with Crippen LogP contribution in [0.3, 0.4) is 0 Å².